The van der Waals surface area contributed by atoms with E-state index in [9.17, 15) is 19.7 Å². The molecule has 0 saturated heterocycles. The van der Waals surface area contributed by atoms with Gasteiger partial charge in [-0.05, 0) is 18.9 Å². The number of nitrogens with zero attached hydrogens (tertiary/aromatic N) is 2. The van der Waals surface area contributed by atoms with Gasteiger partial charge < -0.3 is 20.8 Å². The maximum atomic E-state index is 11.0. The van der Waals surface area contributed by atoms with Crippen molar-refractivity contribution in [2.24, 2.45) is 0 Å². The molecule has 0 aromatic carbocycles. The minimum atomic E-state index is -0.942. The standard InChI is InChI=1S/C13H18N4O6/c18-11(19)3-1-7-14-10-6-5-9(17(22)23)13(16-10)15-8-2-4-12(20)21/h5-6H,1-4,7-8H2,(H,18,19)(H,20,21)(H2,14,15,16). The molecule has 1 rings (SSSR count). The zero-order valence-electron chi connectivity index (χ0n) is 12.3. The van der Waals surface area contributed by atoms with E-state index in [4.69, 9.17) is 10.2 Å². The zero-order chi connectivity index (χ0) is 17.2. The molecule has 0 aliphatic rings. The zero-order valence-corrected chi connectivity index (χ0v) is 12.3. The Balaban J connectivity index is 2.64. The number of carboxylic acids is 2. The molecule has 1 heterocycles. The largest absolute Gasteiger partial charge is 0.481 e. The van der Waals surface area contributed by atoms with Crippen LogP contribution >= 0.6 is 0 Å². The van der Waals surface area contributed by atoms with Crippen LogP contribution in [0.15, 0.2) is 12.1 Å². The molecule has 0 aliphatic carbocycles. The molecular weight excluding hydrogens is 308 g/mol. The highest BCUT2D eigenvalue weighted by atomic mass is 16.6. The van der Waals surface area contributed by atoms with Crippen molar-refractivity contribution in [2.45, 2.75) is 25.7 Å². The monoisotopic (exact) mass is 326 g/mol. The molecular formula is C13H18N4O6. The first-order chi connectivity index (χ1) is 10.9. The fourth-order valence-corrected chi connectivity index (χ4v) is 1.73. The number of hydrogen-bond donors (Lipinski definition) is 4. The Morgan fingerprint density at radius 3 is 2.17 bits per heavy atom. The average Bonchev–Trinajstić information content (AvgIpc) is 2.47. The third-order valence-electron chi connectivity index (χ3n) is 2.80. The Morgan fingerprint density at radius 1 is 1.09 bits per heavy atom. The van der Waals surface area contributed by atoms with Crippen molar-refractivity contribution in [2.75, 3.05) is 23.7 Å². The van der Waals surface area contributed by atoms with Gasteiger partial charge in [0.05, 0.1) is 4.92 Å². The Bertz CT molecular complexity index is 578. The highest BCUT2D eigenvalue weighted by Crippen LogP contribution is 2.24. The summed E-state index contributed by atoms with van der Waals surface area (Å²) in [5, 5.41) is 33.7. The smallest absolute Gasteiger partial charge is 0.311 e. The Kier molecular flexibility index (Phi) is 7.24. The lowest BCUT2D eigenvalue weighted by molar-refractivity contribution is -0.384. The lowest BCUT2D eigenvalue weighted by Crippen LogP contribution is -2.11. The van der Waals surface area contributed by atoms with E-state index in [1.807, 2.05) is 0 Å². The van der Waals surface area contributed by atoms with Crippen molar-refractivity contribution < 1.29 is 24.7 Å². The first kappa shape index (κ1) is 18.1. The highest BCUT2D eigenvalue weighted by molar-refractivity contribution is 5.67. The number of aliphatic carboxylic acids is 2. The van der Waals surface area contributed by atoms with Crippen LogP contribution in [0, 0.1) is 10.1 Å². The maximum absolute atomic E-state index is 11.0. The molecule has 0 unspecified atom stereocenters. The second-order valence-electron chi connectivity index (χ2n) is 4.67. The van der Waals surface area contributed by atoms with Crippen LogP contribution in [0.4, 0.5) is 17.3 Å². The summed E-state index contributed by atoms with van der Waals surface area (Å²) in [7, 11) is 0. The normalized spacial score (nSPS) is 10.1. The van der Waals surface area contributed by atoms with Crippen molar-refractivity contribution in [1.82, 2.24) is 4.98 Å². The minimum absolute atomic E-state index is 0.0142. The van der Waals surface area contributed by atoms with Crippen LogP contribution in [0.25, 0.3) is 0 Å². The van der Waals surface area contributed by atoms with Gasteiger partial charge in [0, 0.05) is 32.0 Å². The van der Waals surface area contributed by atoms with Gasteiger partial charge in [0.1, 0.15) is 5.82 Å². The lowest BCUT2D eigenvalue weighted by atomic mass is 10.3. The molecule has 1 aromatic rings. The summed E-state index contributed by atoms with van der Waals surface area (Å²) in [6.07, 6.45) is 0.675. The molecule has 0 spiro atoms. The molecule has 0 radical (unpaired) electrons. The van der Waals surface area contributed by atoms with Crippen LogP contribution in [0.2, 0.25) is 0 Å². The van der Waals surface area contributed by atoms with Crippen molar-refractivity contribution in [1.29, 1.82) is 0 Å². The molecule has 10 heteroatoms. The second-order valence-corrected chi connectivity index (χ2v) is 4.67. The highest BCUT2D eigenvalue weighted by Gasteiger charge is 2.15. The third-order valence-corrected chi connectivity index (χ3v) is 2.80. The summed E-state index contributed by atoms with van der Waals surface area (Å²) in [6, 6.07) is 2.72. The predicted molar refractivity (Wildman–Crippen MR) is 81.6 cm³/mol. The fourth-order valence-electron chi connectivity index (χ4n) is 1.73. The van der Waals surface area contributed by atoms with Gasteiger partial charge in [0.2, 0.25) is 5.82 Å². The van der Waals surface area contributed by atoms with Gasteiger partial charge in [0.15, 0.2) is 0 Å². The molecule has 126 valence electrons. The van der Waals surface area contributed by atoms with Crippen LogP contribution in [0.1, 0.15) is 25.7 Å². The summed E-state index contributed by atoms with van der Waals surface area (Å²) in [5.41, 5.74) is -0.212. The van der Waals surface area contributed by atoms with E-state index in [0.29, 0.717) is 25.2 Å². The summed E-state index contributed by atoms with van der Waals surface area (Å²) >= 11 is 0. The molecule has 10 nitrogen and oxygen atoms in total. The first-order valence-corrected chi connectivity index (χ1v) is 6.97. The van der Waals surface area contributed by atoms with Gasteiger partial charge in [-0.25, -0.2) is 4.98 Å². The van der Waals surface area contributed by atoms with Gasteiger partial charge in [-0.15, -0.1) is 0 Å². The number of aromatic nitrogens is 1. The molecule has 0 fully saturated rings. The number of anilines is 2. The van der Waals surface area contributed by atoms with Crippen LogP contribution in [0.3, 0.4) is 0 Å². The Hall–Kier alpha value is -2.91. The SMILES string of the molecule is O=C(O)CCCNc1ccc([N+](=O)[O-])c(NCCCC(=O)O)n1. The average molecular weight is 326 g/mol. The van der Waals surface area contributed by atoms with E-state index in [-0.39, 0.29) is 30.9 Å². The number of carboxylic acid groups (broad SMARTS) is 2. The third kappa shape index (κ3) is 7.07. The van der Waals surface area contributed by atoms with Crippen molar-refractivity contribution >= 4 is 29.3 Å². The van der Waals surface area contributed by atoms with Gasteiger partial charge >= 0.3 is 17.6 Å². The van der Waals surface area contributed by atoms with Gasteiger partial charge in [-0.3, -0.25) is 19.7 Å². The maximum Gasteiger partial charge on any atom is 0.311 e. The number of hydrogen-bond acceptors (Lipinski definition) is 7. The topological polar surface area (TPSA) is 155 Å². The Morgan fingerprint density at radius 2 is 1.65 bits per heavy atom. The molecule has 0 bridgehead atoms. The van der Waals surface area contributed by atoms with Crippen molar-refractivity contribution in [3.63, 3.8) is 0 Å². The molecule has 0 amide bonds. The number of nitrogens with one attached hydrogen (secondary N) is 2. The predicted octanol–water partition coefficient (Wildman–Crippen LogP) is 1.54. The summed E-state index contributed by atoms with van der Waals surface area (Å²) in [4.78, 5) is 35.3. The summed E-state index contributed by atoms with van der Waals surface area (Å²) < 4.78 is 0. The lowest BCUT2D eigenvalue weighted by Gasteiger charge is -2.09. The Labute approximate surface area is 131 Å². The van der Waals surface area contributed by atoms with Crippen LogP contribution in [0.5, 0.6) is 0 Å². The summed E-state index contributed by atoms with van der Waals surface area (Å²) in [6.45, 7) is 0.609. The van der Waals surface area contributed by atoms with E-state index in [0.717, 1.165) is 0 Å². The molecule has 0 aliphatic heterocycles. The number of nitro groups is 1. The van der Waals surface area contributed by atoms with Crippen molar-refractivity contribution in [3.8, 4) is 0 Å². The minimum Gasteiger partial charge on any atom is -0.481 e. The molecule has 0 atom stereocenters. The first-order valence-electron chi connectivity index (χ1n) is 6.97. The van der Waals surface area contributed by atoms with Crippen LogP contribution in [-0.2, 0) is 9.59 Å². The van der Waals surface area contributed by atoms with Crippen LogP contribution in [-0.4, -0.2) is 45.1 Å². The van der Waals surface area contributed by atoms with Crippen molar-refractivity contribution in [3.05, 3.63) is 22.2 Å². The number of rotatable bonds is 11. The van der Waals surface area contributed by atoms with E-state index < -0.39 is 16.9 Å². The number of pyridine rings is 1. The fraction of sp³-hybridized carbons (Fsp3) is 0.462. The summed E-state index contributed by atoms with van der Waals surface area (Å²) in [5.74, 6) is -1.42. The molecule has 1 aromatic heterocycles. The molecule has 4 N–H and O–H groups in total. The second kappa shape index (κ2) is 9.18. The molecule has 0 saturated carbocycles. The number of carbonyl (C=O) groups is 2. The quantitative estimate of drug-likeness (QED) is 0.269. The van der Waals surface area contributed by atoms with E-state index >= 15 is 0 Å². The van der Waals surface area contributed by atoms with Gasteiger partial charge in [0.25, 0.3) is 0 Å². The molecule has 23 heavy (non-hydrogen) atoms. The van der Waals surface area contributed by atoms with E-state index in [1.54, 1.807) is 0 Å². The van der Waals surface area contributed by atoms with E-state index in [1.165, 1.54) is 12.1 Å². The van der Waals surface area contributed by atoms with Crippen LogP contribution < -0.4 is 10.6 Å². The van der Waals surface area contributed by atoms with Gasteiger partial charge in [-0.2, -0.15) is 0 Å². The van der Waals surface area contributed by atoms with E-state index in [2.05, 4.69) is 15.6 Å². The van der Waals surface area contributed by atoms with Gasteiger partial charge in [-0.1, -0.05) is 0 Å².